The van der Waals surface area contributed by atoms with Crippen molar-refractivity contribution in [1.82, 2.24) is 19.7 Å². The van der Waals surface area contributed by atoms with Gasteiger partial charge in [-0.2, -0.15) is 5.10 Å². The van der Waals surface area contributed by atoms with Gasteiger partial charge in [-0.15, -0.1) is 0 Å². The highest BCUT2D eigenvalue weighted by Gasteiger charge is 2.54. The Labute approximate surface area is 146 Å². The highest BCUT2D eigenvalue weighted by atomic mass is 16.5. The van der Waals surface area contributed by atoms with Crippen LogP contribution in [0.1, 0.15) is 22.3 Å². The predicted octanol–water partition coefficient (Wildman–Crippen LogP) is 1.26. The lowest BCUT2D eigenvalue weighted by atomic mass is 9.81. The van der Waals surface area contributed by atoms with Crippen molar-refractivity contribution in [3.63, 3.8) is 0 Å². The number of hydrogen-bond donors (Lipinski definition) is 0. The Bertz CT molecular complexity index is 740. The highest BCUT2D eigenvalue weighted by molar-refractivity contribution is 5.94. The summed E-state index contributed by atoms with van der Waals surface area (Å²) in [4.78, 5) is 18.4. The summed E-state index contributed by atoms with van der Waals surface area (Å²) in [7, 11) is 1.81. The van der Waals surface area contributed by atoms with Crippen LogP contribution in [-0.2, 0) is 23.1 Å². The summed E-state index contributed by atoms with van der Waals surface area (Å²) in [6, 6.07) is 3.91. The normalized spacial score (nSPS) is 21.5. The van der Waals surface area contributed by atoms with Crippen LogP contribution in [0.25, 0.3) is 0 Å². The Morgan fingerprint density at radius 1 is 1.44 bits per heavy atom. The van der Waals surface area contributed by atoms with E-state index in [0.717, 1.165) is 18.6 Å². The molecule has 2 aromatic rings. The fourth-order valence-electron chi connectivity index (χ4n) is 3.63. The van der Waals surface area contributed by atoms with E-state index in [-0.39, 0.29) is 11.5 Å². The maximum Gasteiger partial charge on any atom is 0.257 e. The molecule has 0 saturated carbocycles. The number of likely N-dealkylation sites (tertiary alicyclic amines) is 1. The fourth-order valence-corrected chi connectivity index (χ4v) is 3.63. The monoisotopic (exact) mass is 342 g/mol. The van der Waals surface area contributed by atoms with Gasteiger partial charge in [0.25, 0.3) is 5.91 Å². The molecule has 1 spiro atoms. The van der Waals surface area contributed by atoms with Crippen LogP contribution in [0.15, 0.2) is 36.9 Å². The number of aryl methyl sites for hydroxylation is 1. The van der Waals surface area contributed by atoms with Gasteiger partial charge in [0.05, 0.1) is 38.1 Å². The molecule has 0 aliphatic carbocycles. The van der Waals surface area contributed by atoms with Crippen LogP contribution < -0.4 is 0 Å². The number of rotatable bonds is 5. The minimum Gasteiger partial charge on any atom is -0.376 e. The fraction of sp³-hybridized carbons (Fsp3) is 0.500. The zero-order valence-corrected chi connectivity index (χ0v) is 14.3. The summed E-state index contributed by atoms with van der Waals surface area (Å²) < 4.78 is 13.5. The Balaban J connectivity index is 1.31. The van der Waals surface area contributed by atoms with E-state index in [0.29, 0.717) is 37.8 Å². The molecule has 0 N–H and O–H groups in total. The molecule has 2 aromatic heterocycles. The number of hydrogen-bond acceptors (Lipinski definition) is 5. The number of amides is 1. The van der Waals surface area contributed by atoms with Gasteiger partial charge >= 0.3 is 0 Å². The molecule has 7 heteroatoms. The first kappa shape index (κ1) is 16.2. The second-order valence-electron chi connectivity index (χ2n) is 6.84. The van der Waals surface area contributed by atoms with E-state index in [9.17, 15) is 4.79 Å². The van der Waals surface area contributed by atoms with Gasteiger partial charge in [0.2, 0.25) is 0 Å². The third-order valence-electron chi connectivity index (χ3n) is 5.07. The zero-order chi connectivity index (χ0) is 17.3. The minimum atomic E-state index is -0.243. The molecule has 0 bridgehead atoms. The molecular formula is C18H22N4O3. The van der Waals surface area contributed by atoms with Gasteiger partial charge in [0, 0.05) is 38.2 Å². The van der Waals surface area contributed by atoms with Gasteiger partial charge in [-0.25, -0.2) is 0 Å². The van der Waals surface area contributed by atoms with E-state index < -0.39 is 0 Å². The lowest BCUT2D eigenvalue weighted by Crippen LogP contribution is -2.66. The summed E-state index contributed by atoms with van der Waals surface area (Å²) in [5, 5.41) is 4.06. The lowest BCUT2D eigenvalue weighted by Gasteiger charge is -2.50. The second kappa shape index (κ2) is 6.57. The van der Waals surface area contributed by atoms with Crippen LogP contribution in [0, 0.1) is 5.92 Å². The number of nitrogens with zero attached hydrogens (tertiary/aromatic N) is 4. The van der Waals surface area contributed by atoms with Gasteiger partial charge in [0.15, 0.2) is 0 Å². The third-order valence-corrected chi connectivity index (χ3v) is 5.07. The van der Waals surface area contributed by atoms with Crippen molar-refractivity contribution in [2.45, 2.75) is 18.6 Å². The van der Waals surface area contributed by atoms with E-state index in [2.05, 4.69) is 10.1 Å². The number of pyridine rings is 1. The summed E-state index contributed by atoms with van der Waals surface area (Å²) >= 11 is 0. The highest BCUT2D eigenvalue weighted by Crippen LogP contribution is 2.40. The molecule has 2 saturated heterocycles. The van der Waals surface area contributed by atoms with Crippen molar-refractivity contribution < 1.29 is 14.3 Å². The van der Waals surface area contributed by atoms with E-state index in [1.165, 1.54) is 0 Å². The van der Waals surface area contributed by atoms with Crippen LogP contribution in [0.5, 0.6) is 0 Å². The molecule has 2 aliphatic heterocycles. The van der Waals surface area contributed by atoms with E-state index in [1.807, 2.05) is 30.3 Å². The molecule has 7 nitrogen and oxygen atoms in total. The van der Waals surface area contributed by atoms with E-state index >= 15 is 0 Å². The topological polar surface area (TPSA) is 69.5 Å². The van der Waals surface area contributed by atoms with Crippen molar-refractivity contribution in [1.29, 1.82) is 0 Å². The van der Waals surface area contributed by atoms with Gasteiger partial charge in [-0.3, -0.25) is 14.5 Å². The van der Waals surface area contributed by atoms with Gasteiger partial charge in [-0.1, -0.05) is 6.07 Å². The summed E-state index contributed by atoms with van der Waals surface area (Å²) in [5.41, 5.74) is 1.45. The van der Waals surface area contributed by atoms with Crippen LogP contribution in [0.2, 0.25) is 0 Å². The molecule has 0 aromatic carbocycles. The predicted molar refractivity (Wildman–Crippen MR) is 89.8 cm³/mol. The lowest BCUT2D eigenvalue weighted by molar-refractivity contribution is -0.129. The van der Waals surface area contributed by atoms with Crippen molar-refractivity contribution in [2.24, 2.45) is 13.0 Å². The Morgan fingerprint density at radius 2 is 2.32 bits per heavy atom. The van der Waals surface area contributed by atoms with Crippen molar-refractivity contribution in [2.75, 3.05) is 26.3 Å². The van der Waals surface area contributed by atoms with E-state index in [4.69, 9.17) is 9.47 Å². The quantitative estimate of drug-likeness (QED) is 0.818. The van der Waals surface area contributed by atoms with Crippen molar-refractivity contribution in [3.8, 4) is 0 Å². The average Bonchev–Trinajstić information content (AvgIpc) is 3.20. The second-order valence-corrected chi connectivity index (χ2v) is 6.84. The SMILES string of the molecule is Cn1cc(C(=O)N2CC3(C2)OCCC3COCc2cccnc2)cn1. The molecule has 4 heterocycles. The average molecular weight is 342 g/mol. The third kappa shape index (κ3) is 3.17. The number of ether oxygens (including phenoxy) is 2. The van der Waals surface area contributed by atoms with Crippen LogP contribution in [-0.4, -0.2) is 57.5 Å². The van der Waals surface area contributed by atoms with Crippen LogP contribution in [0.3, 0.4) is 0 Å². The van der Waals surface area contributed by atoms with Gasteiger partial charge in [0.1, 0.15) is 5.60 Å². The summed E-state index contributed by atoms with van der Waals surface area (Å²) in [6.07, 6.45) is 7.90. The smallest absolute Gasteiger partial charge is 0.257 e. The number of aromatic nitrogens is 3. The van der Waals surface area contributed by atoms with E-state index in [1.54, 1.807) is 23.3 Å². The van der Waals surface area contributed by atoms with Crippen molar-refractivity contribution in [3.05, 3.63) is 48.0 Å². The molecular weight excluding hydrogens is 320 g/mol. The molecule has 25 heavy (non-hydrogen) atoms. The van der Waals surface area contributed by atoms with Crippen molar-refractivity contribution >= 4 is 5.91 Å². The van der Waals surface area contributed by atoms with Crippen LogP contribution in [0.4, 0.5) is 0 Å². The summed E-state index contributed by atoms with van der Waals surface area (Å²) in [6.45, 7) is 3.18. The van der Waals surface area contributed by atoms with Gasteiger partial charge in [-0.05, 0) is 18.1 Å². The molecule has 2 fully saturated rings. The molecule has 2 aliphatic rings. The molecule has 4 rings (SSSR count). The maximum atomic E-state index is 12.5. The first-order chi connectivity index (χ1) is 12.2. The Kier molecular flexibility index (Phi) is 4.27. The number of carbonyl (C=O) groups excluding carboxylic acids is 1. The molecule has 132 valence electrons. The molecule has 0 radical (unpaired) electrons. The first-order valence-corrected chi connectivity index (χ1v) is 8.55. The Hall–Kier alpha value is -2.25. The molecule has 1 unspecified atom stereocenters. The number of carbonyl (C=O) groups is 1. The first-order valence-electron chi connectivity index (χ1n) is 8.55. The standard InChI is InChI=1S/C18H22N4O3/c1-21-9-15(8-20-21)17(23)22-12-18(13-22)16(4-6-25-18)11-24-10-14-3-2-5-19-7-14/h2-3,5,7-9,16H,4,6,10-13H2,1H3. The molecule has 1 amide bonds. The minimum absolute atomic E-state index is 0.0178. The summed E-state index contributed by atoms with van der Waals surface area (Å²) in [5.74, 6) is 0.339. The maximum absolute atomic E-state index is 12.5. The largest absolute Gasteiger partial charge is 0.376 e. The zero-order valence-electron chi connectivity index (χ0n) is 14.3. The molecule has 1 atom stereocenters. The Morgan fingerprint density at radius 3 is 3.04 bits per heavy atom. The van der Waals surface area contributed by atoms with Crippen LogP contribution >= 0.6 is 0 Å². The van der Waals surface area contributed by atoms with Gasteiger partial charge < -0.3 is 14.4 Å².